The Balaban J connectivity index is 1.68. The molecule has 2 rings (SSSR count). The summed E-state index contributed by atoms with van der Waals surface area (Å²) < 4.78 is 0. The molecular weight excluding hydrogens is 248 g/mol. The maximum atomic E-state index is 11.7. The third-order valence-electron chi connectivity index (χ3n) is 5.36. The average Bonchev–Trinajstić information content (AvgIpc) is 2.48. The molecule has 3 heteroatoms. The van der Waals surface area contributed by atoms with Crippen LogP contribution in [0.25, 0.3) is 0 Å². The van der Waals surface area contributed by atoms with Gasteiger partial charge in [-0.05, 0) is 56.5 Å². The summed E-state index contributed by atoms with van der Waals surface area (Å²) in [5.41, 5.74) is 0. The average molecular weight is 280 g/mol. The van der Waals surface area contributed by atoms with E-state index in [1.807, 2.05) is 6.92 Å². The van der Waals surface area contributed by atoms with E-state index in [2.05, 4.69) is 23.6 Å². The standard InChI is InChI=1S/C17H32N2O/c1-4-17(20)19-11-5-15(6-12-19)13-18-9-7-16(8-10-18)14(2)3/h14-16H,4-13H2,1-3H3. The number of amides is 1. The Bertz CT molecular complexity index is 300. The van der Waals surface area contributed by atoms with Crippen molar-refractivity contribution >= 4 is 5.91 Å². The van der Waals surface area contributed by atoms with E-state index in [0.29, 0.717) is 12.3 Å². The number of nitrogens with zero attached hydrogens (tertiary/aromatic N) is 2. The van der Waals surface area contributed by atoms with Gasteiger partial charge in [-0.1, -0.05) is 20.8 Å². The molecule has 1 amide bonds. The van der Waals surface area contributed by atoms with Crippen molar-refractivity contribution in [3.8, 4) is 0 Å². The van der Waals surface area contributed by atoms with E-state index >= 15 is 0 Å². The normalized spacial score (nSPS) is 23.5. The molecule has 2 aliphatic rings. The minimum Gasteiger partial charge on any atom is -0.343 e. The van der Waals surface area contributed by atoms with Crippen LogP contribution in [0.4, 0.5) is 0 Å². The van der Waals surface area contributed by atoms with Crippen molar-refractivity contribution in [1.82, 2.24) is 9.80 Å². The van der Waals surface area contributed by atoms with Crippen molar-refractivity contribution < 1.29 is 4.79 Å². The lowest BCUT2D eigenvalue weighted by atomic mass is 9.86. The van der Waals surface area contributed by atoms with E-state index < -0.39 is 0 Å². The minimum absolute atomic E-state index is 0.334. The van der Waals surface area contributed by atoms with Crippen LogP contribution in [0.2, 0.25) is 0 Å². The quantitative estimate of drug-likeness (QED) is 0.790. The van der Waals surface area contributed by atoms with Gasteiger partial charge in [-0.3, -0.25) is 4.79 Å². The lowest BCUT2D eigenvalue weighted by Gasteiger charge is -2.38. The SMILES string of the molecule is CCC(=O)N1CCC(CN2CCC(C(C)C)CC2)CC1. The van der Waals surface area contributed by atoms with Gasteiger partial charge in [0.2, 0.25) is 5.91 Å². The van der Waals surface area contributed by atoms with Gasteiger partial charge in [0.15, 0.2) is 0 Å². The number of piperidine rings is 2. The van der Waals surface area contributed by atoms with Gasteiger partial charge in [-0.15, -0.1) is 0 Å². The summed E-state index contributed by atoms with van der Waals surface area (Å²) in [6.07, 6.45) is 5.83. The molecule has 0 aromatic carbocycles. The number of carbonyl (C=O) groups is 1. The summed E-state index contributed by atoms with van der Waals surface area (Å²) in [6.45, 7) is 12.5. The Morgan fingerprint density at radius 1 is 1.05 bits per heavy atom. The maximum Gasteiger partial charge on any atom is 0.222 e. The molecule has 3 nitrogen and oxygen atoms in total. The van der Waals surface area contributed by atoms with Crippen LogP contribution in [0, 0.1) is 17.8 Å². The second kappa shape index (κ2) is 7.44. The van der Waals surface area contributed by atoms with Crippen LogP contribution in [-0.4, -0.2) is 48.4 Å². The monoisotopic (exact) mass is 280 g/mol. The summed E-state index contributed by atoms with van der Waals surface area (Å²) in [5, 5.41) is 0. The fourth-order valence-electron chi connectivity index (χ4n) is 3.76. The van der Waals surface area contributed by atoms with Gasteiger partial charge in [0, 0.05) is 26.1 Å². The van der Waals surface area contributed by atoms with Crippen molar-refractivity contribution in [1.29, 1.82) is 0 Å². The molecule has 0 aromatic heterocycles. The summed E-state index contributed by atoms with van der Waals surface area (Å²) in [5.74, 6) is 2.93. The van der Waals surface area contributed by atoms with Gasteiger partial charge in [0.05, 0.1) is 0 Å². The van der Waals surface area contributed by atoms with Crippen molar-refractivity contribution in [2.75, 3.05) is 32.7 Å². The van der Waals surface area contributed by atoms with Gasteiger partial charge in [-0.2, -0.15) is 0 Å². The minimum atomic E-state index is 0.334. The smallest absolute Gasteiger partial charge is 0.222 e. The first-order chi connectivity index (χ1) is 9.60. The van der Waals surface area contributed by atoms with Gasteiger partial charge in [0.25, 0.3) is 0 Å². The molecule has 0 radical (unpaired) electrons. The molecule has 0 unspecified atom stereocenters. The Morgan fingerprint density at radius 2 is 1.65 bits per heavy atom. The van der Waals surface area contributed by atoms with Crippen molar-refractivity contribution in [3.05, 3.63) is 0 Å². The second-order valence-electron chi connectivity index (χ2n) is 7.06. The van der Waals surface area contributed by atoms with E-state index in [1.54, 1.807) is 0 Å². The molecule has 0 aromatic rings. The summed E-state index contributed by atoms with van der Waals surface area (Å²) in [7, 11) is 0. The highest BCUT2D eigenvalue weighted by atomic mass is 16.2. The zero-order chi connectivity index (χ0) is 14.5. The van der Waals surface area contributed by atoms with Crippen LogP contribution >= 0.6 is 0 Å². The zero-order valence-corrected chi connectivity index (χ0v) is 13.6. The van der Waals surface area contributed by atoms with Gasteiger partial charge in [-0.25, -0.2) is 0 Å². The molecule has 0 saturated carbocycles. The van der Waals surface area contributed by atoms with E-state index in [4.69, 9.17) is 0 Å². The van der Waals surface area contributed by atoms with E-state index in [0.717, 1.165) is 30.8 Å². The lowest BCUT2D eigenvalue weighted by molar-refractivity contribution is -0.132. The summed E-state index contributed by atoms with van der Waals surface area (Å²) in [6, 6.07) is 0. The van der Waals surface area contributed by atoms with E-state index in [1.165, 1.54) is 45.3 Å². The third kappa shape index (κ3) is 4.21. The highest BCUT2D eigenvalue weighted by molar-refractivity contribution is 5.75. The molecule has 0 N–H and O–H groups in total. The molecule has 2 saturated heterocycles. The number of likely N-dealkylation sites (tertiary alicyclic amines) is 2. The molecule has 2 fully saturated rings. The second-order valence-corrected chi connectivity index (χ2v) is 7.06. The predicted molar refractivity (Wildman–Crippen MR) is 83.6 cm³/mol. The third-order valence-corrected chi connectivity index (χ3v) is 5.36. The van der Waals surface area contributed by atoms with E-state index in [-0.39, 0.29) is 0 Å². The van der Waals surface area contributed by atoms with Crippen LogP contribution in [0.15, 0.2) is 0 Å². The molecule has 0 aliphatic carbocycles. The maximum absolute atomic E-state index is 11.7. The Kier molecular flexibility index (Phi) is 5.88. The molecule has 2 heterocycles. The highest BCUT2D eigenvalue weighted by Gasteiger charge is 2.26. The van der Waals surface area contributed by atoms with E-state index in [9.17, 15) is 4.79 Å². The topological polar surface area (TPSA) is 23.6 Å². The fourth-order valence-corrected chi connectivity index (χ4v) is 3.76. The molecule has 2 aliphatic heterocycles. The molecule has 0 atom stereocenters. The van der Waals surface area contributed by atoms with Crippen LogP contribution in [-0.2, 0) is 4.79 Å². The first-order valence-electron chi connectivity index (χ1n) is 8.60. The highest BCUT2D eigenvalue weighted by Crippen LogP contribution is 2.26. The van der Waals surface area contributed by atoms with Crippen LogP contribution in [0.3, 0.4) is 0 Å². The Labute approximate surface area is 124 Å². The van der Waals surface area contributed by atoms with Gasteiger partial charge in [0.1, 0.15) is 0 Å². The summed E-state index contributed by atoms with van der Waals surface area (Å²) in [4.78, 5) is 16.4. The zero-order valence-electron chi connectivity index (χ0n) is 13.6. The van der Waals surface area contributed by atoms with Gasteiger partial charge >= 0.3 is 0 Å². The molecule has 0 bridgehead atoms. The first-order valence-corrected chi connectivity index (χ1v) is 8.60. The Morgan fingerprint density at radius 3 is 2.15 bits per heavy atom. The summed E-state index contributed by atoms with van der Waals surface area (Å²) >= 11 is 0. The Hall–Kier alpha value is -0.570. The van der Waals surface area contributed by atoms with Crippen LogP contribution < -0.4 is 0 Å². The molecule has 20 heavy (non-hydrogen) atoms. The molecular formula is C17H32N2O. The number of carbonyl (C=O) groups excluding carboxylic acids is 1. The molecule has 0 spiro atoms. The lowest BCUT2D eigenvalue weighted by Crippen LogP contribution is -2.43. The first kappa shape index (κ1) is 15.8. The van der Waals surface area contributed by atoms with Crippen LogP contribution in [0.5, 0.6) is 0 Å². The van der Waals surface area contributed by atoms with Gasteiger partial charge < -0.3 is 9.80 Å². The largest absolute Gasteiger partial charge is 0.343 e. The van der Waals surface area contributed by atoms with Crippen LogP contribution in [0.1, 0.15) is 52.9 Å². The predicted octanol–water partition coefficient (Wildman–Crippen LogP) is 3.00. The fraction of sp³-hybridized carbons (Fsp3) is 0.941. The van der Waals surface area contributed by atoms with Crippen molar-refractivity contribution in [3.63, 3.8) is 0 Å². The van der Waals surface area contributed by atoms with Crippen molar-refractivity contribution in [2.24, 2.45) is 17.8 Å². The number of hydrogen-bond acceptors (Lipinski definition) is 2. The number of hydrogen-bond donors (Lipinski definition) is 0. The van der Waals surface area contributed by atoms with Crippen molar-refractivity contribution in [2.45, 2.75) is 52.9 Å². The molecule has 116 valence electrons. The number of rotatable bonds is 4.